The van der Waals surface area contributed by atoms with Gasteiger partial charge in [-0.25, -0.2) is 4.79 Å². The number of aliphatic hydroxyl groups is 1. The first-order chi connectivity index (χ1) is 9.17. The summed E-state index contributed by atoms with van der Waals surface area (Å²) >= 11 is 0. The molecule has 0 aliphatic heterocycles. The Morgan fingerprint density at radius 1 is 1.37 bits per heavy atom. The van der Waals surface area contributed by atoms with Crippen LogP contribution in [-0.4, -0.2) is 40.9 Å². The van der Waals surface area contributed by atoms with Crippen LogP contribution in [0, 0.1) is 0 Å². The lowest BCUT2D eigenvalue weighted by molar-refractivity contribution is 0.180. The van der Waals surface area contributed by atoms with E-state index in [1.807, 2.05) is 20.8 Å². The zero-order valence-corrected chi connectivity index (χ0v) is 11.9. The second-order valence-corrected chi connectivity index (χ2v) is 4.20. The third-order valence-electron chi connectivity index (χ3n) is 3.06. The molecule has 108 valence electrons. The first-order valence-corrected chi connectivity index (χ1v) is 6.77. The lowest BCUT2D eigenvalue weighted by Crippen LogP contribution is -2.41. The third kappa shape index (κ3) is 3.96. The first-order valence-electron chi connectivity index (χ1n) is 6.77. The number of hydrogen-bond acceptors (Lipinski definition) is 4. The summed E-state index contributed by atoms with van der Waals surface area (Å²) in [5.74, 6) is 0.822. The Bertz CT molecular complexity index is 382. The van der Waals surface area contributed by atoms with Gasteiger partial charge < -0.3 is 19.8 Å². The summed E-state index contributed by atoms with van der Waals surface area (Å²) in [6, 6.07) is -0.179. The number of carbonyl (C=O) groups excluding carboxylic acids is 1. The summed E-state index contributed by atoms with van der Waals surface area (Å²) in [5.41, 5.74) is 1.86. The molecule has 1 aromatic heterocycles. The smallest absolute Gasteiger partial charge is 0.317 e. The van der Waals surface area contributed by atoms with Crippen LogP contribution in [0.15, 0.2) is 4.52 Å². The maximum atomic E-state index is 11.9. The maximum Gasteiger partial charge on any atom is 0.317 e. The van der Waals surface area contributed by atoms with Crippen LogP contribution in [0.25, 0.3) is 0 Å². The molecule has 0 aliphatic carbocycles. The number of nitrogens with zero attached hydrogens (tertiary/aromatic N) is 2. The highest BCUT2D eigenvalue weighted by molar-refractivity contribution is 5.74. The zero-order chi connectivity index (χ0) is 14.3. The minimum absolute atomic E-state index is 0.0328. The Morgan fingerprint density at radius 3 is 2.63 bits per heavy atom. The van der Waals surface area contributed by atoms with E-state index in [2.05, 4.69) is 10.5 Å². The SMILES string of the molecule is CCc1noc(CC)c1CNC(=O)N(CC)CCO. The Kier molecular flexibility index (Phi) is 6.35. The summed E-state index contributed by atoms with van der Waals surface area (Å²) < 4.78 is 5.25. The number of hydrogen-bond donors (Lipinski definition) is 2. The van der Waals surface area contributed by atoms with Crippen molar-refractivity contribution in [3.63, 3.8) is 0 Å². The molecule has 0 saturated carbocycles. The van der Waals surface area contributed by atoms with E-state index in [9.17, 15) is 4.79 Å². The molecule has 1 aromatic rings. The average Bonchev–Trinajstić information content (AvgIpc) is 2.83. The molecule has 0 spiro atoms. The summed E-state index contributed by atoms with van der Waals surface area (Å²) in [6.07, 6.45) is 1.54. The average molecular weight is 269 g/mol. The van der Waals surface area contributed by atoms with Crippen LogP contribution < -0.4 is 5.32 Å². The molecular formula is C13H23N3O3. The fourth-order valence-electron chi connectivity index (χ4n) is 1.94. The van der Waals surface area contributed by atoms with E-state index in [-0.39, 0.29) is 12.6 Å². The number of aromatic nitrogens is 1. The van der Waals surface area contributed by atoms with Crippen molar-refractivity contribution in [3.8, 4) is 0 Å². The van der Waals surface area contributed by atoms with Gasteiger partial charge in [-0.05, 0) is 13.3 Å². The standard InChI is InChI=1S/C13H23N3O3/c1-4-11-10(12(5-2)19-15-11)9-14-13(18)16(6-3)7-8-17/h17H,4-9H2,1-3H3,(H,14,18). The van der Waals surface area contributed by atoms with Gasteiger partial charge in [-0.1, -0.05) is 19.0 Å². The predicted molar refractivity (Wildman–Crippen MR) is 71.8 cm³/mol. The number of nitrogens with one attached hydrogen (secondary N) is 1. The normalized spacial score (nSPS) is 10.5. The molecule has 2 N–H and O–H groups in total. The molecule has 2 amide bonds. The number of urea groups is 1. The van der Waals surface area contributed by atoms with Crippen LogP contribution >= 0.6 is 0 Å². The van der Waals surface area contributed by atoms with Crippen molar-refractivity contribution in [1.29, 1.82) is 0 Å². The fourth-order valence-corrected chi connectivity index (χ4v) is 1.94. The molecule has 1 heterocycles. The Labute approximate surface area is 113 Å². The van der Waals surface area contributed by atoms with E-state index in [0.717, 1.165) is 29.9 Å². The Balaban J connectivity index is 2.65. The predicted octanol–water partition coefficient (Wildman–Crippen LogP) is 1.32. The molecule has 0 radical (unpaired) electrons. The van der Waals surface area contributed by atoms with Gasteiger partial charge in [-0.15, -0.1) is 0 Å². The molecule has 0 saturated heterocycles. The summed E-state index contributed by atoms with van der Waals surface area (Å²) in [6.45, 7) is 7.17. The second kappa shape index (κ2) is 7.78. The molecule has 0 unspecified atom stereocenters. The molecular weight excluding hydrogens is 246 g/mol. The highest BCUT2D eigenvalue weighted by Crippen LogP contribution is 2.15. The van der Waals surface area contributed by atoms with E-state index < -0.39 is 0 Å². The second-order valence-electron chi connectivity index (χ2n) is 4.20. The molecule has 19 heavy (non-hydrogen) atoms. The number of rotatable bonds is 7. The van der Waals surface area contributed by atoms with Crippen molar-refractivity contribution in [2.75, 3.05) is 19.7 Å². The Morgan fingerprint density at radius 2 is 2.11 bits per heavy atom. The van der Waals surface area contributed by atoms with Gasteiger partial charge >= 0.3 is 6.03 Å². The highest BCUT2D eigenvalue weighted by atomic mass is 16.5. The van der Waals surface area contributed by atoms with E-state index in [1.165, 1.54) is 0 Å². The largest absolute Gasteiger partial charge is 0.395 e. The van der Waals surface area contributed by atoms with Crippen LogP contribution in [0.1, 0.15) is 37.8 Å². The number of likely N-dealkylation sites (N-methyl/N-ethyl adjacent to an activating group) is 1. The minimum Gasteiger partial charge on any atom is -0.395 e. The molecule has 6 heteroatoms. The van der Waals surface area contributed by atoms with Gasteiger partial charge in [0.2, 0.25) is 0 Å². The molecule has 0 aliphatic rings. The van der Waals surface area contributed by atoms with Crippen molar-refractivity contribution in [2.45, 2.75) is 40.2 Å². The molecule has 0 aromatic carbocycles. The lowest BCUT2D eigenvalue weighted by atomic mass is 10.1. The highest BCUT2D eigenvalue weighted by Gasteiger charge is 2.16. The molecule has 1 rings (SSSR count). The van der Waals surface area contributed by atoms with E-state index in [0.29, 0.717) is 19.6 Å². The van der Waals surface area contributed by atoms with Gasteiger partial charge in [0.05, 0.1) is 12.3 Å². The van der Waals surface area contributed by atoms with E-state index in [1.54, 1.807) is 4.90 Å². The number of amides is 2. The van der Waals surface area contributed by atoms with E-state index in [4.69, 9.17) is 9.63 Å². The van der Waals surface area contributed by atoms with E-state index >= 15 is 0 Å². The van der Waals surface area contributed by atoms with Gasteiger partial charge in [0.1, 0.15) is 5.76 Å². The summed E-state index contributed by atoms with van der Waals surface area (Å²) in [7, 11) is 0. The van der Waals surface area contributed by atoms with Crippen molar-refractivity contribution in [1.82, 2.24) is 15.4 Å². The van der Waals surface area contributed by atoms with Gasteiger partial charge in [-0.2, -0.15) is 0 Å². The van der Waals surface area contributed by atoms with Crippen LogP contribution in [0.2, 0.25) is 0 Å². The van der Waals surface area contributed by atoms with Crippen molar-refractivity contribution in [2.24, 2.45) is 0 Å². The van der Waals surface area contributed by atoms with Crippen molar-refractivity contribution < 1.29 is 14.4 Å². The minimum atomic E-state index is -0.179. The molecule has 0 atom stereocenters. The van der Waals surface area contributed by atoms with Gasteiger partial charge in [-0.3, -0.25) is 0 Å². The van der Waals surface area contributed by atoms with Crippen LogP contribution in [0.5, 0.6) is 0 Å². The summed E-state index contributed by atoms with van der Waals surface area (Å²) in [5, 5.41) is 15.7. The third-order valence-corrected chi connectivity index (χ3v) is 3.06. The quantitative estimate of drug-likeness (QED) is 0.782. The monoisotopic (exact) mass is 269 g/mol. The maximum absolute atomic E-state index is 11.9. The van der Waals surface area contributed by atoms with Crippen LogP contribution in [0.3, 0.4) is 0 Å². The van der Waals surface area contributed by atoms with Gasteiger partial charge in [0, 0.05) is 31.6 Å². The Hall–Kier alpha value is -1.56. The first kappa shape index (κ1) is 15.5. The lowest BCUT2D eigenvalue weighted by Gasteiger charge is -2.20. The van der Waals surface area contributed by atoms with Gasteiger partial charge in [0.15, 0.2) is 0 Å². The van der Waals surface area contributed by atoms with Crippen molar-refractivity contribution >= 4 is 6.03 Å². The molecule has 0 bridgehead atoms. The van der Waals surface area contributed by atoms with Crippen molar-refractivity contribution in [3.05, 3.63) is 17.0 Å². The number of aryl methyl sites for hydroxylation is 2. The zero-order valence-electron chi connectivity index (χ0n) is 11.9. The summed E-state index contributed by atoms with van der Waals surface area (Å²) in [4.78, 5) is 13.5. The topological polar surface area (TPSA) is 78.6 Å². The number of carbonyl (C=O) groups is 1. The van der Waals surface area contributed by atoms with Gasteiger partial charge in [0.25, 0.3) is 0 Å². The van der Waals surface area contributed by atoms with Crippen LogP contribution in [-0.2, 0) is 19.4 Å². The number of aliphatic hydroxyl groups excluding tert-OH is 1. The van der Waals surface area contributed by atoms with Crippen LogP contribution in [0.4, 0.5) is 4.79 Å². The fraction of sp³-hybridized carbons (Fsp3) is 0.692. The molecule has 0 fully saturated rings. The molecule has 6 nitrogen and oxygen atoms in total.